The number of benzene rings is 2. The van der Waals surface area contributed by atoms with Crippen LogP contribution in [0.2, 0.25) is 0 Å². The van der Waals surface area contributed by atoms with Gasteiger partial charge in [0.15, 0.2) is 0 Å². The molecular formula is C21H24N2O3S. The summed E-state index contributed by atoms with van der Waals surface area (Å²) in [7, 11) is -2.30. The predicted octanol–water partition coefficient (Wildman–Crippen LogP) is 3.71. The zero-order valence-corrected chi connectivity index (χ0v) is 16.5. The number of aliphatic hydroxyl groups excluding tert-OH is 1. The van der Waals surface area contributed by atoms with Crippen molar-refractivity contribution >= 4 is 20.8 Å². The molecule has 1 atom stereocenters. The molecule has 0 aliphatic carbocycles. The molecule has 5 nitrogen and oxygen atoms in total. The summed E-state index contributed by atoms with van der Waals surface area (Å²) in [6.45, 7) is 3.90. The van der Waals surface area contributed by atoms with E-state index in [2.05, 4.69) is 18.8 Å². The molecule has 142 valence electrons. The highest BCUT2D eigenvalue weighted by Crippen LogP contribution is 2.30. The van der Waals surface area contributed by atoms with Gasteiger partial charge in [0, 0.05) is 30.2 Å². The van der Waals surface area contributed by atoms with Gasteiger partial charge in [0.1, 0.15) is 0 Å². The van der Waals surface area contributed by atoms with Crippen LogP contribution in [0.25, 0.3) is 10.8 Å². The highest BCUT2D eigenvalue weighted by atomic mass is 32.2. The van der Waals surface area contributed by atoms with Crippen molar-refractivity contribution in [1.82, 2.24) is 9.29 Å². The summed E-state index contributed by atoms with van der Waals surface area (Å²) in [5, 5.41) is 11.3. The lowest BCUT2D eigenvalue weighted by Crippen LogP contribution is -2.33. The Kier molecular flexibility index (Phi) is 5.60. The number of likely N-dealkylation sites (N-methyl/N-ethyl adjacent to an activating group) is 1. The first-order valence-electron chi connectivity index (χ1n) is 8.87. The molecule has 1 unspecified atom stereocenters. The largest absolute Gasteiger partial charge is 0.394 e. The van der Waals surface area contributed by atoms with Crippen LogP contribution in [0.4, 0.5) is 0 Å². The van der Waals surface area contributed by atoms with Crippen LogP contribution in [-0.2, 0) is 10.0 Å². The monoisotopic (exact) mass is 384 g/mol. The lowest BCUT2D eigenvalue weighted by Gasteiger charge is -2.27. The molecule has 3 rings (SSSR count). The Labute approximate surface area is 160 Å². The fraction of sp³-hybridized carbons (Fsp3) is 0.286. The van der Waals surface area contributed by atoms with E-state index in [0.29, 0.717) is 11.3 Å². The summed E-state index contributed by atoms with van der Waals surface area (Å²) >= 11 is 0. The van der Waals surface area contributed by atoms with Crippen LogP contribution in [0.3, 0.4) is 0 Å². The third-order valence-electron chi connectivity index (χ3n) is 4.90. The molecule has 0 amide bonds. The first-order chi connectivity index (χ1) is 12.9. The van der Waals surface area contributed by atoms with E-state index in [9.17, 15) is 13.5 Å². The molecule has 0 spiro atoms. The number of aromatic nitrogens is 1. The van der Waals surface area contributed by atoms with Crippen LogP contribution < -0.4 is 0 Å². The molecule has 0 saturated carbocycles. The summed E-state index contributed by atoms with van der Waals surface area (Å²) in [5.74, 6) is 0.386. The van der Waals surface area contributed by atoms with Crippen molar-refractivity contribution < 1.29 is 13.5 Å². The first-order valence-corrected chi connectivity index (χ1v) is 10.3. The van der Waals surface area contributed by atoms with E-state index in [0.717, 1.165) is 10.9 Å². The lowest BCUT2D eigenvalue weighted by molar-refractivity contribution is 0.204. The normalized spacial score (nSPS) is 13.4. The van der Waals surface area contributed by atoms with Crippen LogP contribution in [0.5, 0.6) is 0 Å². The van der Waals surface area contributed by atoms with Crippen molar-refractivity contribution in [2.45, 2.75) is 30.7 Å². The number of aliphatic hydroxyl groups is 1. The standard InChI is InChI=1S/C21H24N2O3S/c1-15(2)16-7-9-17(10-8-16)20(14-24)23(3)27(25,26)21-6-4-5-18-13-22-12-11-19(18)21/h4-13,15,20,24H,14H2,1-3H3. The van der Waals surface area contributed by atoms with Crippen molar-refractivity contribution in [3.63, 3.8) is 0 Å². The Bertz CT molecular complexity index is 1030. The first kappa shape index (κ1) is 19.5. The Morgan fingerprint density at radius 2 is 1.70 bits per heavy atom. The second-order valence-corrected chi connectivity index (χ2v) is 8.86. The fourth-order valence-electron chi connectivity index (χ4n) is 3.17. The molecule has 1 N–H and O–H groups in total. The molecule has 3 aromatic rings. The van der Waals surface area contributed by atoms with Gasteiger partial charge in [0.2, 0.25) is 10.0 Å². The van der Waals surface area contributed by atoms with E-state index < -0.39 is 16.1 Å². The summed E-state index contributed by atoms with van der Waals surface area (Å²) in [6.07, 6.45) is 3.22. The molecule has 1 heterocycles. The van der Waals surface area contributed by atoms with Crippen LogP contribution in [-0.4, -0.2) is 36.5 Å². The van der Waals surface area contributed by atoms with Gasteiger partial charge in [-0.3, -0.25) is 4.98 Å². The summed E-state index contributed by atoms with van der Waals surface area (Å²) in [5.41, 5.74) is 1.93. The third-order valence-corrected chi connectivity index (χ3v) is 6.82. The maximum atomic E-state index is 13.3. The highest BCUT2D eigenvalue weighted by Gasteiger charge is 2.30. The maximum Gasteiger partial charge on any atom is 0.244 e. The fourth-order valence-corrected chi connectivity index (χ4v) is 4.72. The third kappa shape index (κ3) is 3.74. The van der Waals surface area contributed by atoms with Gasteiger partial charge in [0.05, 0.1) is 17.5 Å². The van der Waals surface area contributed by atoms with Gasteiger partial charge in [-0.2, -0.15) is 4.31 Å². The highest BCUT2D eigenvalue weighted by molar-refractivity contribution is 7.89. The van der Waals surface area contributed by atoms with E-state index in [1.54, 1.807) is 30.6 Å². The number of nitrogens with zero attached hydrogens (tertiary/aromatic N) is 2. The van der Waals surface area contributed by atoms with Crippen molar-refractivity contribution in [2.24, 2.45) is 0 Å². The molecule has 0 fully saturated rings. The minimum Gasteiger partial charge on any atom is -0.394 e. The topological polar surface area (TPSA) is 70.5 Å². The molecule has 2 aromatic carbocycles. The van der Waals surface area contributed by atoms with Crippen molar-refractivity contribution in [1.29, 1.82) is 0 Å². The molecule has 0 aliphatic rings. The SMILES string of the molecule is CC(C)c1ccc(C(CO)N(C)S(=O)(=O)c2cccc3cnccc23)cc1. The molecule has 1 aromatic heterocycles. The van der Waals surface area contributed by atoms with Gasteiger partial charge in [-0.25, -0.2) is 8.42 Å². The predicted molar refractivity (Wildman–Crippen MR) is 107 cm³/mol. The van der Waals surface area contributed by atoms with Gasteiger partial charge in [-0.1, -0.05) is 50.2 Å². The Morgan fingerprint density at radius 1 is 1.04 bits per heavy atom. The summed E-state index contributed by atoms with van der Waals surface area (Å²) in [4.78, 5) is 4.26. The van der Waals surface area contributed by atoms with Crippen molar-refractivity contribution in [3.8, 4) is 0 Å². The minimum absolute atomic E-state index is 0.210. The Balaban J connectivity index is 2.02. The number of hydrogen-bond acceptors (Lipinski definition) is 4. The second-order valence-electron chi connectivity index (χ2n) is 6.89. The van der Waals surface area contributed by atoms with E-state index in [4.69, 9.17) is 0 Å². The van der Waals surface area contributed by atoms with E-state index >= 15 is 0 Å². The molecular weight excluding hydrogens is 360 g/mol. The van der Waals surface area contributed by atoms with Crippen LogP contribution >= 0.6 is 0 Å². The second kappa shape index (κ2) is 7.76. The van der Waals surface area contributed by atoms with Crippen molar-refractivity contribution in [2.75, 3.05) is 13.7 Å². The van der Waals surface area contributed by atoms with E-state index in [1.165, 1.54) is 16.9 Å². The van der Waals surface area contributed by atoms with Gasteiger partial charge in [-0.15, -0.1) is 0 Å². The smallest absolute Gasteiger partial charge is 0.244 e. The molecule has 6 heteroatoms. The van der Waals surface area contributed by atoms with Gasteiger partial charge < -0.3 is 5.11 Å². The Hall–Kier alpha value is -2.28. The van der Waals surface area contributed by atoms with Crippen LogP contribution in [0.1, 0.15) is 36.9 Å². The molecule has 0 aliphatic heterocycles. The number of hydrogen-bond donors (Lipinski definition) is 1. The summed E-state index contributed by atoms with van der Waals surface area (Å²) < 4.78 is 27.8. The number of sulfonamides is 1. The maximum absolute atomic E-state index is 13.3. The average Bonchev–Trinajstić information content (AvgIpc) is 2.68. The van der Waals surface area contributed by atoms with E-state index in [-0.39, 0.29) is 11.5 Å². The van der Waals surface area contributed by atoms with Gasteiger partial charge in [0.25, 0.3) is 0 Å². The van der Waals surface area contributed by atoms with E-state index in [1.807, 2.05) is 30.3 Å². The zero-order valence-electron chi connectivity index (χ0n) is 15.7. The molecule has 0 saturated heterocycles. The molecule has 0 bridgehead atoms. The molecule has 27 heavy (non-hydrogen) atoms. The summed E-state index contributed by atoms with van der Waals surface area (Å²) in [6, 6.07) is 13.9. The quantitative estimate of drug-likeness (QED) is 0.703. The number of fused-ring (bicyclic) bond motifs is 1. The Morgan fingerprint density at radius 3 is 2.33 bits per heavy atom. The van der Waals surface area contributed by atoms with Crippen LogP contribution in [0, 0.1) is 0 Å². The average molecular weight is 385 g/mol. The molecule has 0 radical (unpaired) electrons. The number of rotatable bonds is 6. The van der Waals surface area contributed by atoms with Gasteiger partial charge >= 0.3 is 0 Å². The number of pyridine rings is 1. The van der Waals surface area contributed by atoms with Gasteiger partial charge in [-0.05, 0) is 29.2 Å². The minimum atomic E-state index is -3.81. The zero-order chi connectivity index (χ0) is 19.6. The lowest BCUT2D eigenvalue weighted by atomic mass is 9.99. The van der Waals surface area contributed by atoms with Crippen molar-refractivity contribution in [3.05, 3.63) is 72.1 Å². The van der Waals surface area contributed by atoms with Crippen LogP contribution in [0.15, 0.2) is 65.8 Å².